The molecule has 6 nitrogen and oxygen atoms in total. The lowest BCUT2D eigenvalue weighted by Crippen LogP contribution is -2.46. The third kappa shape index (κ3) is 4.02. The van der Waals surface area contributed by atoms with Crippen LogP contribution in [-0.4, -0.2) is 65.7 Å². The molecule has 0 unspecified atom stereocenters. The Morgan fingerprint density at radius 1 is 0.971 bits per heavy atom. The number of thiophene rings is 1. The van der Waals surface area contributed by atoms with Crippen molar-refractivity contribution in [2.24, 2.45) is 0 Å². The van der Waals surface area contributed by atoms with Crippen molar-refractivity contribution >= 4 is 38.0 Å². The van der Waals surface area contributed by atoms with Crippen LogP contribution in [0.15, 0.2) is 48.8 Å². The van der Waals surface area contributed by atoms with Crippen LogP contribution in [0.1, 0.15) is 16.9 Å². The summed E-state index contributed by atoms with van der Waals surface area (Å²) < 4.78 is 2.06. The summed E-state index contributed by atoms with van der Waals surface area (Å²) in [6, 6.07) is 15.3. The van der Waals surface area contributed by atoms with Crippen molar-refractivity contribution in [3.8, 4) is 0 Å². The fraction of sp³-hybridized carbons (Fsp3) is 0.407. The lowest BCUT2D eigenvalue weighted by Gasteiger charge is -2.36. The van der Waals surface area contributed by atoms with Crippen molar-refractivity contribution < 1.29 is 0 Å². The van der Waals surface area contributed by atoms with E-state index < -0.39 is 0 Å². The molecule has 2 aromatic carbocycles. The molecule has 0 bridgehead atoms. The van der Waals surface area contributed by atoms with Crippen LogP contribution >= 0.6 is 11.3 Å². The third-order valence-electron chi connectivity index (χ3n) is 7.42. The number of rotatable bonds is 5. The Hall–Kier alpha value is -2.74. The molecule has 0 radical (unpaired) electrons. The summed E-state index contributed by atoms with van der Waals surface area (Å²) in [7, 11) is 2.17. The molecular formula is C27H32N6S. The van der Waals surface area contributed by atoms with E-state index in [-0.39, 0.29) is 0 Å². The molecule has 0 atom stereocenters. The highest BCUT2D eigenvalue weighted by atomic mass is 32.1. The van der Waals surface area contributed by atoms with Crippen LogP contribution < -0.4 is 10.4 Å². The van der Waals surface area contributed by atoms with Crippen molar-refractivity contribution in [3.05, 3.63) is 64.7 Å². The molecule has 2 aliphatic heterocycles. The van der Waals surface area contributed by atoms with Crippen LogP contribution in [0.3, 0.4) is 0 Å². The maximum atomic E-state index is 8.85. The predicted molar refractivity (Wildman–Crippen MR) is 141 cm³/mol. The van der Waals surface area contributed by atoms with Crippen molar-refractivity contribution in [2.45, 2.75) is 25.9 Å². The van der Waals surface area contributed by atoms with E-state index in [4.69, 9.17) is 10.4 Å². The average molecular weight is 473 g/mol. The van der Waals surface area contributed by atoms with Gasteiger partial charge in [0.2, 0.25) is 0 Å². The van der Waals surface area contributed by atoms with Gasteiger partial charge in [-0.25, -0.2) is 4.98 Å². The van der Waals surface area contributed by atoms with Gasteiger partial charge in [0.15, 0.2) is 0 Å². The van der Waals surface area contributed by atoms with Crippen LogP contribution in [0.4, 0.5) is 5.69 Å². The monoisotopic (exact) mass is 472 g/mol. The first-order chi connectivity index (χ1) is 16.7. The van der Waals surface area contributed by atoms with Crippen molar-refractivity contribution in [1.29, 1.82) is 5.41 Å². The molecule has 7 heteroatoms. The minimum Gasteiger partial charge on any atom is -0.368 e. The fourth-order valence-electron chi connectivity index (χ4n) is 5.51. The molecule has 1 saturated heterocycles. The smallest absolute Gasteiger partial charge is 0.136 e. The Morgan fingerprint density at radius 2 is 1.79 bits per heavy atom. The Balaban J connectivity index is 1.08. The van der Waals surface area contributed by atoms with Gasteiger partial charge in [-0.15, -0.1) is 11.3 Å². The van der Waals surface area contributed by atoms with Gasteiger partial charge in [0.05, 0.1) is 11.7 Å². The van der Waals surface area contributed by atoms with E-state index >= 15 is 0 Å². The van der Waals surface area contributed by atoms with Crippen LogP contribution in [0.25, 0.3) is 21.0 Å². The number of nitrogens with zero attached hydrogens (tertiary/aromatic N) is 5. The third-order valence-corrected chi connectivity index (χ3v) is 8.55. The maximum absolute atomic E-state index is 8.85. The minimum atomic E-state index is 0.646. The van der Waals surface area contributed by atoms with Gasteiger partial charge >= 0.3 is 0 Å². The molecule has 1 fully saturated rings. The number of piperazine rings is 1. The zero-order chi connectivity index (χ0) is 23.1. The van der Waals surface area contributed by atoms with Gasteiger partial charge in [0, 0.05) is 61.8 Å². The molecule has 0 aliphatic carbocycles. The van der Waals surface area contributed by atoms with Crippen LogP contribution in [0.5, 0.6) is 0 Å². The molecule has 1 N–H and O–H groups in total. The van der Waals surface area contributed by atoms with Crippen LogP contribution in [0.2, 0.25) is 0 Å². The first-order valence-corrected chi connectivity index (χ1v) is 13.2. The number of fused-ring (bicyclic) bond motifs is 4. The number of aryl methyl sites for hydroxylation is 1. The quantitative estimate of drug-likeness (QED) is 0.478. The fourth-order valence-corrected chi connectivity index (χ4v) is 6.77. The van der Waals surface area contributed by atoms with Gasteiger partial charge in [-0.2, -0.15) is 0 Å². The minimum absolute atomic E-state index is 0.646. The summed E-state index contributed by atoms with van der Waals surface area (Å²) in [6.45, 7) is 8.28. The number of nitrogens with one attached hydrogen (secondary N) is 1. The maximum Gasteiger partial charge on any atom is 0.136 e. The molecule has 2 aliphatic rings. The highest BCUT2D eigenvalue weighted by Gasteiger charge is 2.21. The molecule has 6 rings (SSSR count). The summed E-state index contributed by atoms with van der Waals surface area (Å²) in [6.07, 6.45) is 3.96. The summed E-state index contributed by atoms with van der Waals surface area (Å²) in [5.41, 5.74) is 3.37. The summed E-state index contributed by atoms with van der Waals surface area (Å²) in [4.78, 5) is 14.6. The van der Waals surface area contributed by atoms with Gasteiger partial charge < -0.3 is 14.4 Å². The van der Waals surface area contributed by atoms with E-state index in [9.17, 15) is 0 Å². The standard InChI is InChI=1S/C27H32N6S/c1-30-13-10-22-24(18-30)34-27-25(22)26(28)33(19-29-27)12-5-11-31-14-16-32(17-15-31)23-9-4-7-20-6-2-3-8-21(20)23/h2-4,6-9,19,28H,5,10-18H2,1H3. The van der Waals surface area contributed by atoms with E-state index in [1.807, 2.05) is 6.33 Å². The molecule has 176 valence electrons. The second-order valence-corrected chi connectivity index (χ2v) is 10.7. The van der Waals surface area contributed by atoms with E-state index in [0.29, 0.717) is 5.49 Å². The van der Waals surface area contributed by atoms with Crippen molar-refractivity contribution in [3.63, 3.8) is 0 Å². The second kappa shape index (κ2) is 9.13. The second-order valence-electron chi connectivity index (χ2n) is 9.64. The SMILES string of the molecule is CN1CCc2c(sc3ncn(CCCN4CCN(c5cccc6ccccc56)CC4)c(=N)c23)C1. The molecule has 4 heterocycles. The lowest BCUT2D eigenvalue weighted by molar-refractivity contribution is 0.250. The van der Waals surface area contributed by atoms with Crippen molar-refractivity contribution in [1.82, 2.24) is 19.4 Å². The number of benzene rings is 2. The van der Waals surface area contributed by atoms with Gasteiger partial charge in [-0.3, -0.25) is 10.3 Å². The van der Waals surface area contributed by atoms with Gasteiger partial charge in [0.25, 0.3) is 0 Å². The van der Waals surface area contributed by atoms with Gasteiger partial charge in [0.1, 0.15) is 10.3 Å². The van der Waals surface area contributed by atoms with E-state index in [1.165, 1.54) is 26.9 Å². The summed E-state index contributed by atoms with van der Waals surface area (Å²) in [5, 5.41) is 12.6. The van der Waals surface area contributed by atoms with Gasteiger partial charge in [-0.1, -0.05) is 36.4 Å². The van der Waals surface area contributed by atoms with E-state index in [1.54, 1.807) is 11.3 Å². The molecule has 34 heavy (non-hydrogen) atoms. The summed E-state index contributed by atoms with van der Waals surface area (Å²) in [5.74, 6) is 0. The molecule has 0 amide bonds. The molecule has 4 aromatic rings. The molecule has 0 spiro atoms. The summed E-state index contributed by atoms with van der Waals surface area (Å²) >= 11 is 1.77. The molecule has 2 aromatic heterocycles. The van der Waals surface area contributed by atoms with E-state index in [0.717, 1.165) is 75.4 Å². The largest absolute Gasteiger partial charge is 0.368 e. The Kier molecular flexibility index (Phi) is 5.85. The first kappa shape index (κ1) is 21.8. The van der Waals surface area contributed by atoms with Crippen molar-refractivity contribution in [2.75, 3.05) is 51.2 Å². The lowest BCUT2D eigenvalue weighted by atomic mass is 10.1. The Labute approximate surface area is 204 Å². The van der Waals surface area contributed by atoms with Crippen LogP contribution in [0, 0.1) is 5.41 Å². The Morgan fingerprint density at radius 3 is 2.68 bits per heavy atom. The highest BCUT2D eigenvalue weighted by molar-refractivity contribution is 7.18. The number of anilines is 1. The number of aromatic nitrogens is 2. The topological polar surface area (TPSA) is 51.4 Å². The first-order valence-electron chi connectivity index (χ1n) is 12.4. The van der Waals surface area contributed by atoms with Gasteiger partial charge in [-0.05, 0) is 43.5 Å². The van der Waals surface area contributed by atoms with Crippen LogP contribution in [-0.2, 0) is 19.5 Å². The number of likely N-dealkylation sites (N-methyl/N-ethyl adjacent to an activating group) is 1. The molecular weight excluding hydrogens is 440 g/mol. The predicted octanol–water partition coefficient (Wildman–Crippen LogP) is 3.93. The highest BCUT2D eigenvalue weighted by Crippen LogP contribution is 2.31. The molecule has 0 saturated carbocycles. The average Bonchev–Trinajstić information content (AvgIpc) is 3.24. The number of hydrogen-bond acceptors (Lipinski definition) is 6. The zero-order valence-corrected chi connectivity index (χ0v) is 20.7. The zero-order valence-electron chi connectivity index (χ0n) is 19.8. The number of hydrogen-bond donors (Lipinski definition) is 1. The Bertz CT molecular complexity index is 1380. The van der Waals surface area contributed by atoms with E-state index in [2.05, 4.69) is 68.8 Å². The normalized spacial score (nSPS) is 17.5.